The summed E-state index contributed by atoms with van der Waals surface area (Å²) in [5, 5.41) is 11.1. The largest absolute Gasteiger partial charge is 0.490 e. The van der Waals surface area contributed by atoms with E-state index in [2.05, 4.69) is 0 Å². The quantitative estimate of drug-likeness (QED) is 0.438. The fraction of sp³-hybridized carbons (Fsp3) is 0.100. The van der Waals surface area contributed by atoms with E-state index in [4.69, 9.17) is 9.15 Å². The number of fused-ring (bicyclic) bond motifs is 1. The van der Waals surface area contributed by atoms with Crippen LogP contribution in [-0.2, 0) is 0 Å². The molecule has 0 fully saturated rings. The van der Waals surface area contributed by atoms with Gasteiger partial charge in [-0.2, -0.15) is 0 Å². The van der Waals surface area contributed by atoms with Crippen LogP contribution in [0.25, 0.3) is 11.0 Å². The first-order valence-corrected chi connectivity index (χ1v) is 4.38. The van der Waals surface area contributed by atoms with Crippen LogP contribution in [0.15, 0.2) is 33.5 Å². The van der Waals surface area contributed by atoms with Crippen molar-refractivity contribution in [2.75, 3.05) is 7.11 Å². The highest BCUT2D eigenvalue weighted by Crippen LogP contribution is 2.34. The fourth-order valence-corrected chi connectivity index (χ4v) is 1.47. The predicted octanol–water partition coefficient (Wildman–Crippen LogP) is 1.71. The van der Waals surface area contributed by atoms with Gasteiger partial charge in [-0.25, -0.2) is 4.79 Å². The van der Waals surface area contributed by atoms with E-state index in [1.54, 1.807) is 0 Å². The number of ether oxygens (including phenoxy) is 1. The molecule has 0 spiro atoms. The first kappa shape index (κ1) is 10.2. The van der Waals surface area contributed by atoms with Crippen LogP contribution in [-0.4, -0.2) is 12.0 Å². The normalized spacial score (nSPS) is 10.3. The summed E-state index contributed by atoms with van der Waals surface area (Å²) >= 11 is 0. The van der Waals surface area contributed by atoms with Gasteiger partial charge >= 0.3 is 11.3 Å². The van der Waals surface area contributed by atoms with Crippen molar-refractivity contribution in [3.63, 3.8) is 0 Å². The van der Waals surface area contributed by atoms with Crippen molar-refractivity contribution in [2.24, 2.45) is 0 Å². The van der Waals surface area contributed by atoms with Crippen molar-refractivity contribution in [2.45, 2.75) is 0 Å². The Morgan fingerprint density at radius 3 is 2.69 bits per heavy atom. The van der Waals surface area contributed by atoms with Crippen LogP contribution in [0.2, 0.25) is 0 Å². The van der Waals surface area contributed by atoms with Crippen LogP contribution in [0.5, 0.6) is 5.75 Å². The van der Waals surface area contributed by atoms with E-state index in [9.17, 15) is 14.9 Å². The Balaban J connectivity index is 2.86. The molecule has 82 valence electrons. The molecular formula is C10H7NO5. The van der Waals surface area contributed by atoms with Crippen molar-refractivity contribution in [1.29, 1.82) is 0 Å². The molecule has 0 bridgehead atoms. The maximum absolute atomic E-state index is 11.0. The number of rotatable bonds is 2. The second kappa shape index (κ2) is 3.65. The molecule has 6 heteroatoms. The third kappa shape index (κ3) is 1.50. The summed E-state index contributed by atoms with van der Waals surface area (Å²) in [6.07, 6.45) is 0. The number of nitro groups is 1. The zero-order valence-electron chi connectivity index (χ0n) is 8.30. The van der Waals surface area contributed by atoms with Crippen molar-refractivity contribution < 1.29 is 14.1 Å². The lowest BCUT2D eigenvalue weighted by atomic mass is 10.2. The summed E-state index contributed by atoms with van der Waals surface area (Å²) < 4.78 is 9.84. The summed E-state index contributed by atoms with van der Waals surface area (Å²) in [6.45, 7) is 0. The Bertz CT molecular complexity index is 616. The summed E-state index contributed by atoms with van der Waals surface area (Å²) in [4.78, 5) is 21.1. The first-order chi connectivity index (χ1) is 7.63. The van der Waals surface area contributed by atoms with Gasteiger partial charge in [-0.05, 0) is 12.1 Å². The van der Waals surface area contributed by atoms with Gasteiger partial charge in [-0.3, -0.25) is 10.1 Å². The SMILES string of the molecule is COc1c([N+](=O)[O-])ccc2oc(=O)ccc12. The standard InChI is InChI=1S/C10H7NO5/c1-15-10-6-2-5-9(12)16-8(6)4-3-7(10)11(13)14/h2-5H,1H3. The molecular weight excluding hydrogens is 214 g/mol. The molecule has 2 aromatic rings. The van der Waals surface area contributed by atoms with E-state index in [0.717, 1.165) is 0 Å². The highest BCUT2D eigenvalue weighted by molar-refractivity contribution is 5.87. The minimum Gasteiger partial charge on any atom is -0.490 e. The molecule has 0 aliphatic carbocycles. The third-order valence-corrected chi connectivity index (χ3v) is 2.13. The van der Waals surface area contributed by atoms with Gasteiger partial charge in [0, 0.05) is 12.1 Å². The zero-order chi connectivity index (χ0) is 11.7. The maximum Gasteiger partial charge on any atom is 0.336 e. The molecule has 16 heavy (non-hydrogen) atoms. The van der Waals surface area contributed by atoms with Crippen molar-refractivity contribution in [1.82, 2.24) is 0 Å². The Morgan fingerprint density at radius 1 is 1.31 bits per heavy atom. The average molecular weight is 221 g/mol. The number of benzene rings is 1. The second-order valence-electron chi connectivity index (χ2n) is 3.04. The van der Waals surface area contributed by atoms with Crippen molar-refractivity contribution in [3.8, 4) is 5.75 Å². The first-order valence-electron chi connectivity index (χ1n) is 4.38. The number of methoxy groups -OCH3 is 1. The molecule has 0 amide bonds. The van der Waals surface area contributed by atoms with Crippen LogP contribution in [0, 0.1) is 10.1 Å². The van der Waals surface area contributed by atoms with Crippen molar-refractivity contribution in [3.05, 3.63) is 44.8 Å². The van der Waals surface area contributed by atoms with Gasteiger partial charge in [-0.15, -0.1) is 0 Å². The molecule has 0 radical (unpaired) electrons. The second-order valence-corrected chi connectivity index (χ2v) is 3.04. The molecule has 0 N–H and O–H groups in total. The monoisotopic (exact) mass is 221 g/mol. The van der Waals surface area contributed by atoms with E-state index in [1.165, 1.54) is 31.4 Å². The average Bonchev–Trinajstić information content (AvgIpc) is 2.26. The molecule has 0 unspecified atom stereocenters. The van der Waals surface area contributed by atoms with E-state index in [1.807, 2.05) is 0 Å². The van der Waals surface area contributed by atoms with Crippen LogP contribution >= 0.6 is 0 Å². The molecule has 2 rings (SSSR count). The molecule has 0 aliphatic heterocycles. The lowest BCUT2D eigenvalue weighted by Gasteiger charge is -2.04. The minimum absolute atomic E-state index is 0.0891. The molecule has 0 saturated carbocycles. The Hall–Kier alpha value is -2.37. The van der Waals surface area contributed by atoms with Gasteiger partial charge in [0.2, 0.25) is 5.75 Å². The Kier molecular flexibility index (Phi) is 2.32. The van der Waals surface area contributed by atoms with Gasteiger partial charge in [0.15, 0.2) is 0 Å². The smallest absolute Gasteiger partial charge is 0.336 e. The van der Waals surface area contributed by atoms with Gasteiger partial charge in [0.25, 0.3) is 0 Å². The molecule has 0 saturated heterocycles. The number of hydrogen-bond donors (Lipinski definition) is 0. The van der Waals surface area contributed by atoms with E-state index >= 15 is 0 Å². The molecule has 0 atom stereocenters. The maximum atomic E-state index is 11.0. The van der Waals surface area contributed by atoms with Crippen LogP contribution in [0.3, 0.4) is 0 Å². The number of nitro benzene ring substituents is 1. The molecule has 0 aliphatic rings. The van der Waals surface area contributed by atoms with Gasteiger partial charge in [-0.1, -0.05) is 0 Å². The Labute approximate surface area is 89.2 Å². The predicted molar refractivity (Wildman–Crippen MR) is 55.7 cm³/mol. The number of hydrogen-bond acceptors (Lipinski definition) is 5. The van der Waals surface area contributed by atoms with Crippen LogP contribution < -0.4 is 10.4 Å². The van der Waals surface area contributed by atoms with E-state index in [-0.39, 0.29) is 17.0 Å². The number of nitrogens with zero attached hydrogens (tertiary/aromatic N) is 1. The highest BCUT2D eigenvalue weighted by Gasteiger charge is 2.18. The fourth-order valence-electron chi connectivity index (χ4n) is 1.47. The summed E-state index contributed by atoms with van der Waals surface area (Å²) in [7, 11) is 1.33. The van der Waals surface area contributed by atoms with E-state index in [0.29, 0.717) is 5.39 Å². The zero-order valence-corrected chi connectivity index (χ0v) is 8.30. The van der Waals surface area contributed by atoms with E-state index < -0.39 is 10.5 Å². The Morgan fingerprint density at radius 2 is 2.06 bits per heavy atom. The summed E-state index contributed by atoms with van der Waals surface area (Å²) in [6, 6.07) is 5.24. The summed E-state index contributed by atoms with van der Waals surface area (Å²) in [5.41, 5.74) is -0.415. The van der Waals surface area contributed by atoms with Gasteiger partial charge in [0.05, 0.1) is 17.4 Å². The molecule has 1 heterocycles. The van der Waals surface area contributed by atoms with Gasteiger partial charge in [0.1, 0.15) is 5.58 Å². The lowest BCUT2D eigenvalue weighted by Crippen LogP contribution is -1.98. The minimum atomic E-state index is -0.552. The lowest BCUT2D eigenvalue weighted by molar-refractivity contribution is -0.385. The highest BCUT2D eigenvalue weighted by atomic mass is 16.6. The van der Waals surface area contributed by atoms with Crippen molar-refractivity contribution >= 4 is 16.7 Å². The molecule has 1 aromatic heterocycles. The van der Waals surface area contributed by atoms with Crippen LogP contribution in [0.4, 0.5) is 5.69 Å². The summed E-state index contributed by atoms with van der Waals surface area (Å²) in [5.74, 6) is 0.0891. The molecule has 1 aromatic carbocycles. The van der Waals surface area contributed by atoms with Gasteiger partial charge < -0.3 is 9.15 Å². The third-order valence-electron chi connectivity index (χ3n) is 2.13. The topological polar surface area (TPSA) is 82.6 Å². The van der Waals surface area contributed by atoms with Crippen LogP contribution in [0.1, 0.15) is 0 Å². The molecule has 6 nitrogen and oxygen atoms in total.